The average Bonchev–Trinajstić information content (AvgIpc) is 3.13. The summed E-state index contributed by atoms with van der Waals surface area (Å²) in [5.41, 5.74) is -0.102. The molecule has 0 saturated carbocycles. The van der Waals surface area contributed by atoms with Crippen molar-refractivity contribution in [2.24, 2.45) is 5.41 Å². The highest BCUT2D eigenvalue weighted by Crippen LogP contribution is 2.38. The Morgan fingerprint density at radius 1 is 1.27 bits per heavy atom. The molecule has 7 nitrogen and oxygen atoms in total. The number of benzene rings is 1. The van der Waals surface area contributed by atoms with E-state index < -0.39 is 24.4 Å². The first-order valence-corrected chi connectivity index (χ1v) is 10.3. The lowest BCUT2D eigenvalue weighted by Crippen LogP contribution is -2.48. The van der Waals surface area contributed by atoms with Crippen LogP contribution in [0.1, 0.15) is 60.5 Å². The summed E-state index contributed by atoms with van der Waals surface area (Å²) in [5.74, 6) is 0.448. The second-order valence-electron chi connectivity index (χ2n) is 10.2. The molecule has 0 aromatic heterocycles. The van der Waals surface area contributed by atoms with Gasteiger partial charge in [-0.1, -0.05) is 26.8 Å². The molecule has 2 unspecified atom stereocenters. The molecule has 1 aromatic carbocycles. The fourth-order valence-electron chi connectivity index (χ4n) is 4.15. The van der Waals surface area contributed by atoms with Gasteiger partial charge in [0.2, 0.25) is 0 Å². The lowest BCUT2D eigenvalue weighted by Gasteiger charge is -2.36. The zero-order chi connectivity index (χ0) is 22.5. The van der Waals surface area contributed by atoms with Crippen LogP contribution in [0.3, 0.4) is 0 Å². The molecule has 1 N–H and O–H groups in total. The topological polar surface area (TPSA) is 92.0 Å². The summed E-state index contributed by atoms with van der Waals surface area (Å²) in [6, 6.07) is 7.22. The van der Waals surface area contributed by atoms with Gasteiger partial charge in [-0.05, 0) is 50.7 Å². The van der Waals surface area contributed by atoms with Crippen LogP contribution in [-0.2, 0) is 9.31 Å². The van der Waals surface area contributed by atoms with Gasteiger partial charge in [0.25, 0.3) is 0 Å². The predicted octanol–water partition coefficient (Wildman–Crippen LogP) is 3.40. The Kier molecular flexibility index (Phi) is 5.59. The fourth-order valence-corrected chi connectivity index (χ4v) is 4.15. The number of rotatable bonds is 3. The van der Waals surface area contributed by atoms with Gasteiger partial charge in [0.05, 0.1) is 22.8 Å². The van der Waals surface area contributed by atoms with Crippen LogP contribution in [0.15, 0.2) is 18.2 Å². The van der Waals surface area contributed by atoms with E-state index in [-0.39, 0.29) is 17.6 Å². The maximum Gasteiger partial charge on any atom is 0.494 e. The minimum atomic E-state index is -0.947. The predicted molar refractivity (Wildman–Crippen MR) is 114 cm³/mol. The van der Waals surface area contributed by atoms with Gasteiger partial charge in [0.15, 0.2) is 0 Å². The Hall–Kier alpha value is -2.24. The Morgan fingerprint density at radius 3 is 2.37 bits per heavy atom. The monoisotopic (exact) mass is 414 g/mol. The Morgan fingerprint density at radius 2 is 1.87 bits per heavy atom. The van der Waals surface area contributed by atoms with Crippen LogP contribution in [0.5, 0.6) is 5.75 Å². The maximum atomic E-state index is 11.7. The normalized spacial score (nSPS) is 25.3. The van der Waals surface area contributed by atoms with Crippen LogP contribution in [0.2, 0.25) is 0 Å². The zero-order valence-corrected chi connectivity index (χ0v) is 18.9. The molecule has 30 heavy (non-hydrogen) atoms. The number of nitrogens with zero attached hydrogens (tertiary/aromatic N) is 2. The third-order valence-electron chi connectivity index (χ3n) is 6.40. The molecule has 1 aromatic rings. The smallest absolute Gasteiger partial charge is 0.487 e. The number of hydrogen-bond acceptors (Lipinski definition) is 5. The van der Waals surface area contributed by atoms with Gasteiger partial charge in [-0.15, -0.1) is 0 Å². The molecule has 3 rings (SSSR count). The molecule has 2 fully saturated rings. The molecule has 8 heteroatoms. The molecule has 0 radical (unpaired) electrons. The number of amides is 1. The molecule has 162 valence electrons. The van der Waals surface area contributed by atoms with Crippen molar-refractivity contribution in [3.63, 3.8) is 0 Å². The molecule has 2 saturated heterocycles. The minimum Gasteiger partial charge on any atom is -0.487 e. The summed E-state index contributed by atoms with van der Waals surface area (Å²) in [4.78, 5) is 13.1. The van der Waals surface area contributed by atoms with Gasteiger partial charge >= 0.3 is 13.2 Å². The molecule has 0 aliphatic carbocycles. The van der Waals surface area contributed by atoms with Crippen molar-refractivity contribution in [1.82, 2.24) is 4.90 Å². The number of hydrogen-bond donors (Lipinski definition) is 1. The second-order valence-corrected chi connectivity index (χ2v) is 10.2. The van der Waals surface area contributed by atoms with E-state index in [0.717, 1.165) is 5.46 Å². The highest BCUT2D eigenvalue weighted by atomic mass is 16.7. The Labute approximate surface area is 179 Å². The summed E-state index contributed by atoms with van der Waals surface area (Å²) in [7, 11) is -0.563. The fraction of sp³-hybridized carbons (Fsp3) is 0.636. The minimum absolute atomic E-state index is 0.297. The lowest BCUT2D eigenvalue weighted by molar-refractivity contribution is 0.00578. The van der Waals surface area contributed by atoms with Crippen molar-refractivity contribution in [2.45, 2.75) is 78.2 Å². The van der Waals surface area contributed by atoms with E-state index in [4.69, 9.17) is 14.0 Å². The van der Waals surface area contributed by atoms with Crippen molar-refractivity contribution in [1.29, 1.82) is 5.26 Å². The molecule has 1 amide bonds. The van der Waals surface area contributed by atoms with E-state index in [1.807, 2.05) is 54.5 Å². The SMILES string of the molecule is CC(C)(C)C1C(Oc2ccc(B3OC(C)(C)C(C)(C)O3)cc2C#N)CCN1C(=O)O. The third-order valence-corrected chi connectivity index (χ3v) is 6.40. The van der Waals surface area contributed by atoms with Crippen molar-refractivity contribution in [3.05, 3.63) is 23.8 Å². The van der Waals surface area contributed by atoms with Crippen LogP contribution >= 0.6 is 0 Å². The number of carbonyl (C=O) groups is 1. The maximum absolute atomic E-state index is 11.7. The van der Waals surface area contributed by atoms with E-state index >= 15 is 0 Å². The van der Waals surface area contributed by atoms with Gasteiger partial charge in [-0.2, -0.15) is 5.26 Å². The quantitative estimate of drug-likeness (QED) is 0.763. The second kappa shape index (κ2) is 7.47. The number of nitriles is 1. The molecular formula is C22H31BN2O5. The highest BCUT2D eigenvalue weighted by Gasteiger charge is 2.52. The van der Waals surface area contributed by atoms with Crippen molar-refractivity contribution < 1.29 is 23.9 Å². The van der Waals surface area contributed by atoms with Crippen LogP contribution in [0.25, 0.3) is 0 Å². The first kappa shape index (κ1) is 22.5. The van der Waals surface area contributed by atoms with Crippen LogP contribution < -0.4 is 10.2 Å². The van der Waals surface area contributed by atoms with E-state index in [2.05, 4.69) is 6.07 Å². The average molecular weight is 414 g/mol. The number of carboxylic acid groups (broad SMARTS) is 1. The summed E-state index contributed by atoms with van der Waals surface area (Å²) >= 11 is 0. The van der Waals surface area contributed by atoms with E-state index in [0.29, 0.717) is 24.3 Å². The van der Waals surface area contributed by atoms with Crippen LogP contribution in [-0.4, -0.2) is 53.1 Å². The van der Waals surface area contributed by atoms with Crippen molar-refractivity contribution in [3.8, 4) is 11.8 Å². The highest BCUT2D eigenvalue weighted by molar-refractivity contribution is 6.62. The van der Waals surface area contributed by atoms with Crippen molar-refractivity contribution in [2.75, 3.05) is 6.54 Å². The molecule has 2 atom stereocenters. The molecule has 0 spiro atoms. The van der Waals surface area contributed by atoms with Gasteiger partial charge in [0.1, 0.15) is 17.9 Å². The van der Waals surface area contributed by atoms with Crippen LogP contribution in [0, 0.1) is 16.7 Å². The summed E-state index contributed by atoms with van der Waals surface area (Å²) in [6.07, 6.45) is -0.688. The summed E-state index contributed by atoms with van der Waals surface area (Å²) in [6.45, 7) is 14.3. The Balaban J connectivity index is 1.85. The van der Waals surface area contributed by atoms with Crippen LogP contribution in [0.4, 0.5) is 4.79 Å². The largest absolute Gasteiger partial charge is 0.494 e. The standard InChI is InChI=1S/C22H31BN2O5/c1-20(2,3)18-17(10-11-25(18)19(26)27)28-16-9-8-15(12-14(16)13-24)23-29-21(4,5)22(6,7)30-23/h8-9,12,17-18H,10-11H2,1-7H3,(H,26,27). The molecule has 2 aliphatic heterocycles. The molecule has 0 bridgehead atoms. The van der Waals surface area contributed by atoms with E-state index in [9.17, 15) is 15.2 Å². The van der Waals surface area contributed by atoms with Gasteiger partial charge in [-0.25, -0.2) is 4.79 Å². The summed E-state index contributed by atoms with van der Waals surface area (Å²) in [5, 5.41) is 19.3. The first-order valence-electron chi connectivity index (χ1n) is 10.3. The number of ether oxygens (including phenoxy) is 1. The van der Waals surface area contributed by atoms with E-state index in [1.165, 1.54) is 4.90 Å². The molecule has 2 aliphatic rings. The zero-order valence-electron chi connectivity index (χ0n) is 18.9. The Bertz CT molecular complexity index is 855. The molecular weight excluding hydrogens is 383 g/mol. The van der Waals surface area contributed by atoms with E-state index in [1.54, 1.807) is 12.1 Å². The van der Waals surface area contributed by atoms with Crippen molar-refractivity contribution >= 4 is 18.7 Å². The third kappa shape index (κ3) is 4.01. The van der Waals surface area contributed by atoms with Gasteiger partial charge < -0.3 is 24.1 Å². The van der Waals surface area contributed by atoms with Gasteiger partial charge in [-0.3, -0.25) is 0 Å². The number of likely N-dealkylation sites (tertiary alicyclic amines) is 1. The lowest BCUT2D eigenvalue weighted by atomic mass is 9.78. The first-order chi connectivity index (χ1) is 13.8. The summed E-state index contributed by atoms with van der Waals surface area (Å²) < 4.78 is 18.4. The van der Waals surface area contributed by atoms with Gasteiger partial charge in [0, 0.05) is 13.0 Å². The molecule has 2 heterocycles.